The summed E-state index contributed by atoms with van der Waals surface area (Å²) in [6, 6.07) is 10.6. The smallest absolute Gasteiger partial charge is 0.0789 e. The molecule has 0 saturated heterocycles. The molecular weight excluding hydrogens is 274 g/mol. The molecule has 0 N–H and O–H groups in total. The Morgan fingerprint density at radius 2 is 1.86 bits per heavy atom. The predicted octanol–water partition coefficient (Wildman–Crippen LogP) is 4.63. The van der Waals surface area contributed by atoms with Gasteiger partial charge in [0.2, 0.25) is 0 Å². The molecule has 0 bridgehead atoms. The molecule has 1 saturated carbocycles. The molecule has 1 aromatic rings. The van der Waals surface area contributed by atoms with E-state index in [9.17, 15) is 0 Å². The Labute approximate surface area is 134 Å². The minimum absolute atomic E-state index is 0.225. The van der Waals surface area contributed by atoms with Crippen LogP contribution in [0.1, 0.15) is 50.0 Å². The first-order valence-electron chi connectivity index (χ1n) is 7.93. The maximum atomic E-state index is 5.48. The van der Waals surface area contributed by atoms with Gasteiger partial charge in [-0.3, -0.25) is 0 Å². The van der Waals surface area contributed by atoms with Crippen molar-refractivity contribution in [1.82, 2.24) is 4.90 Å². The SMILES string of the molecule is CN(C)C(=S)C[C@H](C#CC1CCCCC1)c1ccccc1. The average Bonchev–Trinajstić information content (AvgIpc) is 2.53. The van der Waals surface area contributed by atoms with Crippen LogP contribution in [-0.2, 0) is 0 Å². The lowest BCUT2D eigenvalue weighted by Crippen LogP contribution is -2.21. The third-order valence-electron chi connectivity index (χ3n) is 4.15. The molecule has 2 heteroatoms. The monoisotopic (exact) mass is 299 g/mol. The van der Waals surface area contributed by atoms with Gasteiger partial charge in [-0.15, -0.1) is 0 Å². The molecule has 1 aliphatic rings. The second-order valence-corrected chi connectivity index (χ2v) is 6.55. The van der Waals surface area contributed by atoms with E-state index in [2.05, 4.69) is 42.2 Å². The molecule has 112 valence electrons. The fraction of sp³-hybridized carbons (Fsp3) is 0.526. The Balaban J connectivity index is 2.12. The van der Waals surface area contributed by atoms with Crippen molar-refractivity contribution in [1.29, 1.82) is 0 Å². The summed E-state index contributed by atoms with van der Waals surface area (Å²) < 4.78 is 0. The second-order valence-electron chi connectivity index (χ2n) is 6.08. The molecule has 1 aliphatic carbocycles. The van der Waals surface area contributed by atoms with Crippen LogP contribution in [0.25, 0.3) is 0 Å². The van der Waals surface area contributed by atoms with Crippen molar-refractivity contribution >= 4 is 17.2 Å². The van der Waals surface area contributed by atoms with Crippen molar-refractivity contribution in [3.63, 3.8) is 0 Å². The van der Waals surface area contributed by atoms with E-state index in [1.807, 2.05) is 19.0 Å². The molecule has 0 unspecified atom stereocenters. The average molecular weight is 299 g/mol. The van der Waals surface area contributed by atoms with Gasteiger partial charge in [-0.2, -0.15) is 0 Å². The van der Waals surface area contributed by atoms with Crippen LogP contribution in [0.5, 0.6) is 0 Å². The number of rotatable bonds is 3. The molecule has 0 spiro atoms. The summed E-state index contributed by atoms with van der Waals surface area (Å²) in [5, 5.41) is 0. The molecule has 21 heavy (non-hydrogen) atoms. The Bertz CT molecular complexity index is 503. The van der Waals surface area contributed by atoms with Crippen molar-refractivity contribution in [3.05, 3.63) is 35.9 Å². The van der Waals surface area contributed by atoms with Crippen LogP contribution in [0.2, 0.25) is 0 Å². The highest BCUT2D eigenvalue weighted by molar-refractivity contribution is 7.80. The number of hydrogen-bond donors (Lipinski definition) is 0. The van der Waals surface area contributed by atoms with Gasteiger partial charge < -0.3 is 4.90 Å². The maximum absolute atomic E-state index is 5.48. The summed E-state index contributed by atoms with van der Waals surface area (Å²) in [7, 11) is 4.03. The largest absolute Gasteiger partial charge is 0.372 e. The molecule has 0 aliphatic heterocycles. The van der Waals surface area contributed by atoms with E-state index in [-0.39, 0.29) is 5.92 Å². The minimum atomic E-state index is 0.225. The fourth-order valence-corrected chi connectivity index (χ4v) is 2.93. The van der Waals surface area contributed by atoms with E-state index in [4.69, 9.17) is 12.2 Å². The third-order valence-corrected chi connectivity index (χ3v) is 4.68. The highest BCUT2D eigenvalue weighted by Crippen LogP contribution is 2.25. The van der Waals surface area contributed by atoms with Crippen molar-refractivity contribution < 1.29 is 0 Å². The summed E-state index contributed by atoms with van der Waals surface area (Å²) in [6.07, 6.45) is 7.44. The first-order valence-corrected chi connectivity index (χ1v) is 8.34. The van der Waals surface area contributed by atoms with E-state index in [1.165, 1.54) is 37.7 Å². The van der Waals surface area contributed by atoms with Gasteiger partial charge in [0.25, 0.3) is 0 Å². The Hall–Kier alpha value is -1.33. The van der Waals surface area contributed by atoms with E-state index in [1.54, 1.807) is 0 Å². The summed E-state index contributed by atoms with van der Waals surface area (Å²) >= 11 is 5.48. The van der Waals surface area contributed by atoms with Gasteiger partial charge in [-0.1, -0.05) is 73.7 Å². The van der Waals surface area contributed by atoms with Crippen LogP contribution >= 0.6 is 12.2 Å². The predicted molar refractivity (Wildman–Crippen MR) is 94.4 cm³/mol. The summed E-state index contributed by atoms with van der Waals surface area (Å²) in [6.45, 7) is 0. The van der Waals surface area contributed by atoms with Gasteiger partial charge in [0.05, 0.1) is 10.9 Å². The molecule has 0 amide bonds. The zero-order valence-electron chi connectivity index (χ0n) is 13.1. The molecule has 0 heterocycles. The third kappa shape index (κ3) is 5.17. The highest BCUT2D eigenvalue weighted by Gasteiger charge is 2.14. The first kappa shape index (κ1) is 16.0. The van der Waals surface area contributed by atoms with Crippen LogP contribution in [0.3, 0.4) is 0 Å². The van der Waals surface area contributed by atoms with Crippen molar-refractivity contribution in [2.24, 2.45) is 5.92 Å². The van der Waals surface area contributed by atoms with E-state index in [0.717, 1.165) is 11.4 Å². The van der Waals surface area contributed by atoms with Gasteiger partial charge in [-0.05, 0) is 18.4 Å². The van der Waals surface area contributed by atoms with Crippen LogP contribution in [0.15, 0.2) is 30.3 Å². The van der Waals surface area contributed by atoms with Crippen LogP contribution in [-0.4, -0.2) is 24.0 Å². The first-order chi connectivity index (χ1) is 10.2. The molecular formula is C19H25NS. The maximum Gasteiger partial charge on any atom is 0.0789 e. The summed E-state index contributed by atoms with van der Waals surface area (Å²) in [5.41, 5.74) is 1.28. The quantitative estimate of drug-likeness (QED) is 0.591. The van der Waals surface area contributed by atoms with Crippen LogP contribution in [0, 0.1) is 17.8 Å². The number of hydrogen-bond acceptors (Lipinski definition) is 1. The number of benzene rings is 1. The van der Waals surface area contributed by atoms with E-state index >= 15 is 0 Å². The van der Waals surface area contributed by atoms with Crippen molar-refractivity contribution in [3.8, 4) is 11.8 Å². The van der Waals surface area contributed by atoms with E-state index in [0.29, 0.717) is 5.92 Å². The zero-order chi connectivity index (χ0) is 15.1. The molecule has 1 nitrogen and oxygen atoms in total. The van der Waals surface area contributed by atoms with Crippen LogP contribution < -0.4 is 0 Å². The number of thiocarbonyl (C=S) groups is 1. The van der Waals surface area contributed by atoms with Crippen molar-refractivity contribution in [2.75, 3.05) is 14.1 Å². The van der Waals surface area contributed by atoms with Gasteiger partial charge in [0, 0.05) is 26.4 Å². The standard InChI is InChI=1S/C19H25NS/c1-20(2)19(21)15-18(17-11-7-4-8-12-17)14-13-16-9-5-3-6-10-16/h4,7-8,11-12,16,18H,3,5-6,9-10,15H2,1-2H3/t18-/m0/s1. The lowest BCUT2D eigenvalue weighted by molar-refractivity contribution is 0.430. The summed E-state index contributed by atoms with van der Waals surface area (Å²) in [4.78, 5) is 3.00. The van der Waals surface area contributed by atoms with Crippen LogP contribution in [0.4, 0.5) is 0 Å². The topological polar surface area (TPSA) is 3.24 Å². The zero-order valence-corrected chi connectivity index (χ0v) is 14.0. The Morgan fingerprint density at radius 1 is 1.19 bits per heavy atom. The summed E-state index contributed by atoms with van der Waals surface area (Å²) in [5.74, 6) is 7.88. The molecule has 2 rings (SSSR count). The molecule has 0 radical (unpaired) electrons. The van der Waals surface area contributed by atoms with Crippen molar-refractivity contribution in [2.45, 2.75) is 44.4 Å². The molecule has 1 atom stereocenters. The molecule has 1 fully saturated rings. The normalized spacial score (nSPS) is 16.7. The number of nitrogens with zero attached hydrogens (tertiary/aromatic N) is 1. The second kappa shape index (κ2) is 8.20. The van der Waals surface area contributed by atoms with Gasteiger partial charge >= 0.3 is 0 Å². The van der Waals surface area contributed by atoms with Gasteiger partial charge in [0.1, 0.15) is 0 Å². The van der Waals surface area contributed by atoms with Gasteiger partial charge in [-0.25, -0.2) is 0 Å². The highest BCUT2D eigenvalue weighted by atomic mass is 32.1. The Kier molecular flexibility index (Phi) is 6.26. The lowest BCUT2D eigenvalue weighted by Gasteiger charge is -2.19. The minimum Gasteiger partial charge on any atom is -0.372 e. The lowest BCUT2D eigenvalue weighted by atomic mass is 9.88. The van der Waals surface area contributed by atoms with Gasteiger partial charge in [0.15, 0.2) is 0 Å². The fourth-order valence-electron chi connectivity index (χ4n) is 2.76. The molecule has 1 aromatic carbocycles. The molecule has 0 aromatic heterocycles. The Morgan fingerprint density at radius 3 is 2.48 bits per heavy atom. The van der Waals surface area contributed by atoms with E-state index < -0.39 is 0 Å².